The van der Waals surface area contributed by atoms with Gasteiger partial charge in [0.05, 0.1) is 22.2 Å². The summed E-state index contributed by atoms with van der Waals surface area (Å²) in [7, 11) is 0. The summed E-state index contributed by atoms with van der Waals surface area (Å²) >= 11 is 0. The highest BCUT2D eigenvalue weighted by atomic mass is 16.5. The van der Waals surface area contributed by atoms with Crippen LogP contribution in [-0.2, 0) is 15.6 Å². The molecule has 3 heterocycles. The number of hydroxylamine groups is 8. The van der Waals surface area contributed by atoms with Crippen LogP contribution in [0.25, 0.3) is 0 Å². The smallest absolute Gasteiger partial charge is 0.316 e. The van der Waals surface area contributed by atoms with Gasteiger partial charge in [0, 0.05) is 27.1 Å². The Balaban J connectivity index is 1.59. The summed E-state index contributed by atoms with van der Waals surface area (Å²) in [5.41, 5.74) is -3.14. The van der Waals surface area contributed by atoms with Gasteiger partial charge in [-0.1, -0.05) is 27.2 Å². The van der Waals surface area contributed by atoms with Gasteiger partial charge in [-0.25, -0.2) is 0 Å². The average Bonchev–Trinajstić information content (AvgIpc) is 3.27. The molecule has 0 aliphatic carbocycles. The first kappa shape index (κ1) is 33.3. The molecule has 0 unspecified atom stereocenters. The van der Waals surface area contributed by atoms with E-state index in [4.69, 9.17) is 4.99 Å². The predicted molar refractivity (Wildman–Crippen MR) is 173 cm³/mol. The molecule has 243 valence electrons. The van der Waals surface area contributed by atoms with Crippen molar-refractivity contribution in [2.75, 3.05) is 0 Å². The maximum Gasteiger partial charge on any atom is 0.316 e. The van der Waals surface area contributed by atoms with E-state index in [0.29, 0.717) is 27.8 Å². The zero-order valence-corrected chi connectivity index (χ0v) is 28.8. The third kappa shape index (κ3) is 4.42. The minimum Gasteiger partial charge on any atom is -0.714 e. The number of amidine groups is 3. The Labute approximate surface area is 271 Å². The third-order valence-corrected chi connectivity index (χ3v) is 11.3. The molecule has 0 aromatic heterocycles. The van der Waals surface area contributed by atoms with E-state index in [1.165, 1.54) is 0 Å². The lowest BCUT2D eigenvalue weighted by Gasteiger charge is -2.35. The van der Waals surface area contributed by atoms with Crippen molar-refractivity contribution in [1.29, 1.82) is 0 Å². The molecular weight excluding hydrogens is 584 g/mol. The fraction of sp³-hybridized carbons (Fsp3) is 0.514. The standard InChI is InChI=1S/C35H43N6O5/c1-30(2)31(3,4)37(42)27(36-30)25-19-23(20-26(21-25)29-40(45)34(9,10)35(11,12)41(29)46)14-13-22-15-17-24(18-16-22)28-38(43)32(5,6)33(7,8)39(28)44/h15-21H,1-12H3. The van der Waals surface area contributed by atoms with Crippen LogP contribution in [0.2, 0.25) is 0 Å². The quantitative estimate of drug-likeness (QED) is 0.268. The van der Waals surface area contributed by atoms with Crippen molar-refractivity contribution in [3.8, 4) is 11.8 Å². The molecule has 3 aliphatic rings. The first-order valence-electron chi connectivity index (χ1n) is 15.4. The van der Waals surface area contributed by atoms with E-state index >= 15 is 0 Å². The maximum atomic E-state index is 13.6. The molecule has 0 amide bonds. The first-order valence-corrected chi connectivity index (χ1v) is 15.4. The SMILES string of the molecule is CC1(C)N=C(c2cc(C#Cc3ccc(C4=[N+]([O-])C(C)(C)C(C)(C)N4[O])cc3)cc(C3=[N+]([O-])C(C)(C)C(C)(C)N3[O])c2)N([O])C1(C)C. The zero-order valence-electron chi connectivity index (χ0n) is 28.8. The normalized spacial score (nSPS) is 23.5. The lowest BCUT2D eigenvalue weighted by molar-refractivity contribution is -0.539. The number of hydrogen-bond donors (Lipinski definition) is 0. The van der Waals surface area contributed by atoms with Crippen molar-refractivity contribution in [1.82, 2.24) is 15.2 Å². The van der Waals surface area contributed by atoms with Crippen LogP contribution < -0.4 is 0 Å². The molecule has 0 N–H and O–H groups in total. The number of benzene rings is 2. The Hall–Kier alpha value is -4.11. The van der Waals surface area contributed by atoms with Gasteiger partial charge in [0.2, 0.25) is 0 Å². The van der Waals surface area contributed by atoms with Gasteiger partial charge in [-0.3, -0.25) is 14.5 Å². The Kier molecular flexibility index (Phi) is 7.19. The molecule has 2 aromatic rings. The van der Waals surface area contributed by atoms with Crippen LogP contribution in [0, 0.1) is 22.3 Å². The predicted octanol–water partition coefficient (Wildman–Crippen LogP) is 5.00. The van der Waals surface area contributed by atoms with Gasteiger partial charge < -0.3 is 10.4 Å². The van der Waals surface area contributed by atoms with Crippen LogP contribution >= 0.6 is 0 Å². The molecular formula is C35H43N6O5. The maximum absolute atomic E-state index is 13.6. The lowest BCUT2D eigenvalue weighted by atomic mass is 9.84. The topological polar surface area (TPSA) is 134 Å². The van der Waals surface area contributed by atoms with Crippen molar-refractivity contribution < 1.29 is 25.1 Å². The van der Waals surface area contributed by atoms with Crippen LogP contribution in [0.4, 0.5) is 0 Å². The molecule has 0 spiro atoms. The van der Waals surface area contributed by atoms with E-state index < -0.39 is 33.2 Å². The van der Waals surface area contributed by atoms with E-state index in [2.05, 4.69) is 11.8 Å². The monoisotopic (exact) mass is 627 g/mol. The Morgan fingerprint density at radius 1 is 0.565 bits per heavy atom. The van der Waals surface area contributed by atoms with E-state index in [1.807, 2.05) is 27.7 Å². The van der Waals surface area contributed by atoms with Crippen LogP contribution in [0.15, 0.2) is 47.5 Å². The van der Waals surface area contributed by atoms with Crippen molar-refractivity contribution in [2.24, 2.45) is 4.99 Å². The molecule has 0 bridgehead atoms. The molecule has 2 aromatic carbocycles. The second-order valence-corrected chi connectivity index (χ2v) is 15.5. The van der Waals surface area contributed by atoms with Gasteiger partial charge in [-0.2, -0.15) is 5.06 Å². The number of aliphatic imine (C=N–C) groups is 1. The molecule has 11 nitrogen and oxygen atoms in total. The summed E-state index contributed by atoms with van der Waals surface area (Å²) in [6, 6.07) is 11.9. The lowest BCUT2D eigenvalue weighted by Crippen LogP contribution is -2.53. The number of nitrogens with zero attached hydrogens (tertiary/aromatic N) is 6. The van der Waals surface area contributed by atoms with E-state index in [1.54, 1.807) is 97.9 Å². The molecule has 0 saturated heterocycles. The van der Waals surface area contributed by atoms with Crippen LogP contribution in [0.5, 0.6) is 0 Å². The van der Waals surface area contributed by atoms with E-state index in [9.17, 15) is 26.0 Å². The van der Waals surface area contributed by atoms with Gasteiger partial charge in [0.1, 0.15) is 11.1 Å². The molecule has 0 atom stereocenters. The number of hydrogen-bond acceptors (Lipinski definition) is 6. The van der Waals surface area contributed by atoms with Gasteiger partial charge >= 0.3 is 11.7 Å². The zero-order chi connectivity index (χ0) is 34.6. The van der Waals surface area contributed by atoms with Crippen LogP contribution in [-0.4, -0.2) is 75.4 Å². The molecule has 11 heteroatoms. The summed E-state index contributed by atoms with van der Waals surface area (Å²) in [5.74, 6) is 6.39. The minimum atomic E-state index is -1.03. The second-order valence-electron chi connectivity index (χ2n) is 15.5. The van der Waals surface area contributed by atoms with Crippen molar-refractivity contribution in [3.63, 3.8) is 0 Å². The van der Waals surface area contributed by atoms with Crippen molar-refractivity contribution in [3.05, 3.63) is 80.7 Å². The molecule has 3 aliphatic heterocycles. The fourth-order valence-corrected chi connectivity index (χ4v) is 5.63. The summed E-state index contributed by atoms with van der Waals surface area (Å²) in [6.45, 7) is 21.3. The van der Waals surface area contributed by atoms with Crippen molar-refractivity contribution >= 4 is 17.5 Å². The van der Waals surface area contributed by atoms with Crippen LogP contribution in [0.1, 0.15) is 111 Å². The van der Waals surface area contributed by atoms with Gasteiger partial charge in [-0.15, -0.1) is 0 Å². The second kappa shape index (κ2) is 9.94. The van der Waals surface area contributed by atoms with Gasteiger partial charge in [0.25, 0.3) is 0 Å². The third-order valence-electron chi connectivity index (χ3n) is 11.3. The highest BCUT2D eigenvalue weighted by molar-refractivity contribution is 6.04. The summed E-state index contributed by atoms with van der Waals surface area (Å²) in [4.78, 5) is 4.75. The molecule has 0 saturated carbocycles. The summed E-state index contributed by atoms with van der Waals surface area (Å²) in [6.07, 6.45) is 0. The largest absolute Gasteiger partial charge is 0.714 e. The van der Waals surface area contributed by atoms with Crippen LogP contribution in [0.3, 0.4) is 0 Å². The minimum absolute atomic E-state index is 0.0426. The van der Waals surface area contributed by atoms with Gasteiger partial charge in [0.15, 0.2) is 16.9 Å². The average molecular weight is 628 g/mol. The fourth-order valence-electron chi connectivity index (χ4n) is 5.63. The van der Waals surface area contributed by atoms with Crippen molar-refractivity contribution in [2.45, 2.75) is 116 Å². The molecule has 0 fully saturated rings. The van der Waals surface area contributed by atoms with Gasteiger partial charge in [-0.05, 0) is 126 Å². The Morgan fingerprint density at radius 2 is 1.00 bits per heavy atom. The molecule has 3 radical (unpaired) electrons. The van der Waals surface area contributed by atoms with E-state index in [-0.39, 0.29) is 17.5 Å². The first-order chi connectivity index (χ1) is 20.9. The highest BCUT2D eigenvalue weighted by Crippen LogP contribution is 2.41. The highest BCUT2D eigenvalue weighted by Gasteiger charge is 2.61. The summed E-state index contributed by atoms with van der Waals surface area (Å²) < 4.78 is 1.50. The summed E-state index contributed by atoms with van der Waals surface area (Å²) in [5, 5.41) is 69.2. The number of rotatable bonds is 3. The molecule has 46 heavy (non-hydrogen) atoms. The Morgan fingerprint density at radius 3 is 1.41 bits per heavy atom. The van der Waals surface area contributed by atoms with E-state index in [0.717, 1.165) is 24.7 Å². The Bertz CT molecular complexity index is 1770. The molecule has 5 rings (SSSR count).